The molecule has 4 heteroatoms. The average molecular weight is 201 g/mol. The molecular weight excluding hydrogens is 182 g/mol. The van der Waals surface area contributed by atoms with Crippen molar-refractivity contribution in [2.45, 2.75) is 33.2 Å². The topological polar surface area (TPSA) is 62.2 Å². The van der Waals surface area contributed by atoms with Gasteiger partial charge in [-0.05, 0) is 12.3 Å². The maximum atomic E-state index is 8.37. The van der Waals surface area contributed by atoms with Crippen LogP contribution in [0.5, 0.6) is 0 Å². The predicted octanol–water partition coefficient (Wildman–Crippen LogP) is 2.36. The minimum Gasteiger partial charge on any atom is -0.316 e. The Balaban J connectivity index is -0.000000376. The van der Waals surface area contributed by atoms with Gasteiger partial charge in [-0.2, -0.15) is 5.26 Å². The second kappa shape index (κ2) is 11.2. The Bertz CT molecular complexity index is 209. The lowest BCUT2D eigenvalue weighted by atomic mass is 10.2. The Morgan fingerprint density at radius 3 is 2.62 bits per heavy atom. The lowest BCUT2D eigenvalue weighted by Gasteiger charge is -2.00. The molecule has 0 aromatic carbocycles. The van der Waals surface area contributed by atoms with Gasteiger partial charge in [0.05, 0.1) is 12.1 Å². The van der Waals surface area contributed by atoms with Crippen LogP contribution in [0.1, 0.15) is 28.6 Å². The van der Waals surface area contributed by atoms with Gasteiger partial charge in [0.1, 0.15) is 0 Å². The molecule has 0 rings (SSSR count). The van der Waals surface area contributed by atoms with E-state index in [2.05, 4.69) is 17.6 Å². The molecule has 0 aliphatic carbocycles. The van der Waals surface area contributed by atoms with Crippen LogP contribution in [0.15, 0.2) is 16.1 Å². The maximum Gasteiger partial charge on any atom is 0.0984 e. The van der Waals surface area contributed by atoms with E-state index in [-0.39, 0.29) is 1.43 Å². The van der Waals surface area contributed by atoms with Crippen LogP contribution in [0.3, 0.4) is 0 Å². The first-order valence-corrected chi connectivity index (χ1v) is 4.73. The third-order valence-electron chi connectivity index (χ3n) is 1.04. The van der Waals surface area contributed by atoms with Gasteiger partial charge in [0, 0.05) is 19.8 Å². The van der Waals surface area contributed by atoms with E-state index in [1.807, 2.05) is 19.9 Å². The smallest absolute Gasteiger partial charge is 0.0984 e. The number of nitriles is 1. The Kier molecular flexibility index (Phi) is 12.7. The minimum atomic E-state index is -0.489. The van der Waals surface area contributed by atoms with Crippen molar-refractivity contribution in [1.82, 2.24) is 0 Å². The fraction of sp³-hybridized carbons (Fsp3) is 0.556. The molecule has 0 amide bonds. The molecule has 0 radical (unpaired) electrons. The fourth-order valence-electron chi connectivity index (χ4n) is 0.576. The molecular formula is C9H19N3S. The fourth-order valence-corrected chi connectivity index (χ4v) is 0.748. The number of hydrogen-bond donors (Lipinski definition) is 2. The number of rotatable bonds is 3. The lowest BCUT2D eigenvalue weighted by molar-refractivity contribution is 0.808. The quantitative estimate of drug-likeness (QED) is 0.544. The van der Waals surface area contributed by atoms with E-state index in [9.17, 15) is 0 Å². The summed E-state index contributed by atoms with van der Waals surface area (Å²) < 4.78 is 0. The molecule has 0 saturated heterocycles. The normalized spacial score (nSPS) is 13.1. The SMILES string of the molecule is CC.CC=N/C(=C\S)CC(N)C#N.[HH]. The van der Waals surface area contributed by atoms with Gasteiger partial charge in [0.25, 0.3) is 0 Å². The third-order valence-corrected chi connectivity index (χ3v) is 1.34. The summed E-state index contributed by atoms with van der Waals surface area (Å²) in [7, 11) is 0. The molecule has 13 heavy (non-hydrogen) atoms. The first-order chi connectivity index (χ1) is 6.24. The zero-order valence-corrected chi connectivity index (χ0v) is 9.25. The van der Waals surface area contributed by atoms with Crippen molar-refractivity contribution in [2.75, 3.05) is 0 Å². The molecule has 76 valence electrons. The van der Waals surface area contributed by atoms with E-state index in [1.54, 1.807) is 18.5 Å². The minimum absolute atomic E-state index is 0. The summed E-state index contributed by atoms with van der Waals surface area (Å²) in [5.41, 5.74) is 6.10. The molecule has 0 aromatic heterocycles. The number of nitrogens with zero attached hydrogens (tertiary/aromatic N) is 2. The standard InChI is InChI=1S/C7H11N3S.C2H6.H2/c1-2-10-7(5-11)3-6(9)4-8;1-2;/h2,5-6,11H,3,9H2,1H3;1-2H3;1H/b7-5-,10-2?;;. The van der Waals surface area contributed by atoms with Gasteiger partial charge in [0.2, 0.25) is 0 Å². The van der Waals surface area contributed by atoms with Crippen molar-refractivity contribution in [3.63, 3.8) is 0 Å². The van der Waals surface area contributed by atoms with Gasteiger partial charge in [0.15, 0.2) is 0 Å². The van der Waals surface area contributed by atoms with Crippen LogP contribution in [0, 0.1) is 11.3 Å². The lowest BCUT2D eigenvalue weighted by Crippen LogP contribution is -2.17. The van der Waals surface area contributed by atoms with Gasteiger partial charge in [-0.15, -0.1) is 12.6 Å². The van der Waals surface area contributed by atoms with Crippen molar-refractivity contribution in [2.24, 2.45) is 10.7 Å². The molecule has 0 heterocycles. The maximum absolute atomic E-state index is 8.37. The average Bonchev–Trinajstić information content (AvgIpc) is 2.20. The molecule has 1 unspecified atom stereocenters. The molecule has 0 bridgehead atoms. The summed E-state index contributed by atoms with van der Waals surface area (Å²) in [6.45, 7) is 5.80. The first-order valence-electron chi connectivity index (χ1n) is 4.21. The molecule has 3 nitrogen and oxygen atoms in total. The Hall–Kier alpha value is -0.790. The number of nitrogens with two attached hydrogens (primary N) is 1. The van der Waals surface area contributed by atoms with Crippen molar-refractivity contribution in [1.29, 1.82) is 5.26 Å². The van der Waals surface area contributed by atoms with Gasteiger partial charge < -0.3 is 5.73 Å². The van der Waals surface area contributed by atoms with Crippen LogP contribution >= 0.6 is 12.6 Å². The molecule has 0 saturated carbocycles. The number of aliphatic imine (C=N–C) groups is 1. The molecule has 0 fully saturated rings. The van der Waals surface area contributed by atoms with Crippen molar-refractivity contribution in [3.8, 4) is 6.07 Å². The monoisotopic (exact) mass is 201 g/mol. The molecule has 0 aromatic rings. The Morgan fingerprint density at radius 2 is 2.31 bits per heavy atom. The van der Waals surface area contributed by atoms with E-state index in [4.69, 9.17) is 11.0 Å². The highest BCUT2D eigenvalue weighted by molar-refractivity contribution is 7.83. The third kappa shape index (κ3) is 9.12. The van der Waals surface area contributed by atoms with Crippen molar-refractivity contribution < 1.29 is 1.43 Å². The van der Waals surface area contributed by atoms with Crippen LogP contribution in [0.4, 0.5) is 0 Å². The second-order valence-corrected chi connectivity index (χ2v) is 2.21. The zero-order chi connectivity index (χ0) is 10.7. The van der Waals surface area contributed by atoms with Gasteiger partial charge >= 0.3 is 0 Å². The van der Waals surface area contributed by atoms with Crippen LogP contribution in [-0.4, -0.2) is 12.3 Å². The Morgan fingerprint density at radius 1 is 1.77 bits per heavy atom. The molecule has 2 N–H and O–H groups in total. The summed E-state index contributed by atoms with van der Waals surface area (Å²) >= 11 is 3.92. The van der Waals surface area contributed by atoms with E-state index in [0.29, 0.717) is 6.42 Å². The zero-order valence-electron chi connectivity index (χ0n) is 8.36. The largest absolute Gasteiger partial charge is 0.316 e. The molecule has 0 aliphatic heterocycles. The summed E-state index contributed by atoms with van der Waals surface area (Å²) in [6, 6.07) is 1.43. The van der Waals surface area contributed by atoms with Crippen LogP contribution in [-0.2, 0) is 0 Å². The van der Waals surface area contributed by atoms with E-state index in [1.165, 1.54) is 0 Å². The predicted molar refractivity (Wildman–Crippen MR) is 62.9 cm³/mol. The van der Waals surface area contributed by atoms with Crippen LogP contribution < -0.4 is 5.73 Å². The molecule has 1 atom stereocenters. The molecule has 0 spiro atoms. The van der Waals surface area contributed by atoms with Gasteiger partial charge in [-0.3, -0.25) is 4.99 Å². The summed E-state index contributed by atoms with van der Waals surface area (Å²) in [4.78, 5) is 3.96. The van der Waals surface area contributed by atoms with Gasteiger partial charge in [-0.1, -0.05) is 13.8 Å². The van der Waals surface area contributed by atoms with Crippen LogP contribution in [0.25, 0.3) is 0 Å². The van der Waals surface area contributed by atoms with Gasteiger partial charge in [-0.25, -0.2) is 0 Å². The highest BCUT2D eigenvalue weighted by Crippen LogP contribution is 2.05. The second-order valence-electron chi connectivity index (χ2n) is 1.95. The Labute approximate surface area is 87.2 Å². The van der Waals surface area contributed by atoms with E-state index < -0.39 is 6.04 Å². The van der Waals surface area contributed by atoms with Crippen molar-refractivity contribution >= 4 is 18.8 Å². The highest BCUT2D eigenvalue weighted by atomic mass is 32.1. The number of hydrogen-bond acceptors (Lipinski definition) is 4. The van der Waals surface area contributed by atoms with Crippen molar-refractivity contribution in [3.05, 3.63) is 11.1 Å². The summed E-state index contributed by atoms with van der Waals surface area (Å²) in [6.07, 6.45) is 2.09. The first kappa shape index (κ1) is 14.7. The van der Waals surface area contributed by atoms with E-state index in [0.717, 1.165) is 5.70 Å². The summed E-state index contributed by atoms with van der Waals surface area (Å²) in [5, 5.41) is 9.92. The van der Waals surface area contributed by atoms with Crippen LogP contribution in [0.2, 0.25) is 0 Å². The van der Waals surface area contributed by atoms with E-state index >= 15 is 0 Å². The molecule has 0 aliphatic rings. The number of thiol groups is 1. The highest BCUT2D eigenvalue weighted by Gasteiger charge is 2.01. The summed E-state index contributed by atoms with van der Waals surface area (Å²) in [5.74, 6) is 0.